The molecule has 0 radical (unpaired) electrons. The van der Waals surface area contributed by atoms with Crippen LogP contribution in [0.1, 0.15) is 43.9 Å². The van der Waals surface area contributed by atoms with Gasteiger partial charge in [0.1, 0.15) is 6.04 Å². The topological polar surface area (TPSA) is 141 Å². The highest BCUT2D eigenvalue weighted by atomic mass is 16.5. The second kappa shape index (κ2) is 17.3. The Morgan fingerprint density at radius 1 is 0.776 bits per heavy atom. The van der Waals surface area contributed by atoms with Crippen molar-refractivity contribution in [2.75, 3.05) is 7.11 Å². The summed E-state index contributed by atoms with van der Waals surface area (Å²) in [6.07, 6.45) is 1.04. The number of benzene rings is 3. The second-order valence-electron chi connectivity index (χ2n) is 13.2. The molecule has 258 valence electrons. The molecule has 1 heterocycles. The number of ether oxygens (including phenoxy) is 1. The Morgan fingerprint density at radius 2 is 1.33 bits per heavy atom. The number of aliphatic hydroxyl groups is 1. The van der Waals surface area contributed by atoms with Crippen molar-refractivity contribution in [2.45, 2.75) is 70.8 Å². The fourth-order valence-electron chi connectivity index (χ4n) is 5.86. The fraction of sp³-hybridized carbons (Fsp3) is 0.333. The molecule has 0 saturated heterocycles. The molecule has 0 aliphatic carbocycles. The molecule has 4 aromatic rings. The van der Waals surface area contributed by atoms with Crippen LogP contribution in [0.5, 0.6) is 0 Å². The maximum atomic E-state index is 13.7. The summed E-state index contributed by atoms with van der Waals surface area (Å²) in [5.74, 6) is -0.436. The number of nitrogens with one attached hydrogen (secondary N) is 2. The number of nitrogens with zero attached hydrogens (tertiary/aromatic N) is 2. The van der Waals surface area contributed by atoms with Gasteiger partial charge in [-0.3, -0.25) is 14.7 Å². The van der Waals surface area contributed by atoms with Crippen LogP contribution in [-0.2, 0) is 28.9 Å². The van der Waals surface area contributed by atoms with E-state index < -0.39 is 47.7 Å². The zero-order chi connectivity index (χ0) is 35.4. The molecule has 4 rings (SSSR count). The van der Waals surface area contributed by atoms with Crippen molar-refractivity contribution in [2.24, 2.45) is 5.41 Å². The lowest BCUT2D eigenvalue weighted by Gasteiger charge is -2.36. The third-order valence-corrected chi connectivity index (χ3v) is 8.47. The summed E-state index contributed by atoms with van der Waals surface area (Å²) < 4.78 is 4.78. The lowest BCUT2D eigenvalue weighted by atomic mass is 9.85. The molecule has 0 fully saturated rings. The second-order valence-corrected chi connectivity index (χ2v) is 13.2. The van der Waals surface area contributed by atoms with E-state index in [-0.39, 0.29) is 19.4 Å². The molecule has 3 aromatic carbocycles. The predicted octanol–water partition coefficient (Wildman–Crippen LogP) is 6.09. The first-order valence-electron chi connectivity index (χ1n) is 16.3. The minimum atomic E-state index is -1.17. The number of hydrogen-bond acceptors (Lipinski definition) is 6. The van der Waals surface area contributed by atoms with Gasteiger partial charge in [0.25, 0.3) is 0 Å². The van der Waals surface area contributed by atoms with Gasteiger partial charge in [-0.15, -0.1) is 0 Å². The molecule has 1 aromatic heterocycles. The number of hydrogen-bond donors (Lipinski definition) is 4. The average molecular weight is 667 g/mol. The van der Waals surface area contributed by atoms with E-state index >= 15 is 0 Å². The Hall–Kier alpha value is -5.22. The Balaban J connectivity index is 1.65. The molecule has 0 unspecified atom stereocenters. The molecule has 4 N–H and O–H groups in total. The predicted molar refractivity (Wildman–Crippen MR) is 189 cm³/mol. The van der Waals surface area contributed by atoms with Crippen molar-refractivity contribution in [3.05, 3.63) is 126 Å². The number of rotatable bonds is 14. The molecule has 3 amide bonds. The molecular weight excluding hydrogens is 620 g/mol. The van der Waals surface area contributed by atoms with Gasteiger partial charge in [0, 0.05) is 25.0 Å². The highest BCUT2D eigenvalue weighted by Crippen LogP contribution is 2.25. The number of carbonyl (C=O) groups is 3. The van der Waals surface area contributed by atoms with Gasteiger partial charge in [-0.2, -0.15) is 0 Å². The van der Waals surface area contributed by atoms with Crippen molar-refractivity contribution in [3.8, 4) is 11.1 Å². The van der Waals surface area contributed by atoms with Gasteiger partial charge in [0.05, 0.1) is 19.3 Å². The first-order chi connectivity index (χ1) is 23.4. The van der Waals surface area contributed by atoms with Crippen molar-refractivity contribution >= 4 is 18.1 Å². The first kappa shape index (κ1) is 36.6. The number of carbonyl (C=O) groups excluding carboxylic acids is 2. The van der Waals surface area contributed by atoms with Crippen LogP contribution in [0, 0.1) is 5.41 Å². The van der Waals surface area contributed by atoms with Crippen molar-refractivity contribution in [1.82, 2.24) is 20.5 Å². The molecule has 0 bridgehead atoms. The van der Waals surface area contributed by atoms with Gasteiger partial charge in [-0.1, -0.05) is 106 Å². The molecule has 49 heavy (non-hydrogen) atoms. The van der Waals surface area contributed by atoms with E-state index in [0.717, 1.165) is 27.8 Å². The van der Waals surface area contributed by atoms with Crippen LogP contribution in [0.2, 0.25) is 0 Å². The molecule has 0 spiro atoms. The number of carboxylic acid groups (broad SMARTS) is 1. The lowest BCUT2D eigenvalue weighted by Crippen LogP contribution is -2.56. The van der Waals surface area contributed by atoms with E-state index in [4.69, 9.17) is 4.74 Å². The summed E-state index contributed by atoms with van der Waals surface area (Å²) in [4.78, 5) is 44.1. The highest BCUT2D eigenvalue weighted by Gasteiger charge is 2.36. The van der Waals surface area contributed by atoms with Crippen LogP contribution >= 0.6 is 0 Å². The van der Waals surface area contributed by atoms with Gasteiger partial charge in [-0.25, -0.2) is 9.59 Å². The Labute approximate surface area is 288 Å². The molecule has 0 aliphatic rings. The van der Waals surface area contributed by atoms with E-state index in [1.54, 1.807) is 12.4 Å². The number of alkyl carbamates (subject to hydrolysis) is 1. The van der Waals surface area contributed by atoms with Gasteiger partial charge in [-0.05, 0) is 64.6 Å². The standard InChI is InChI=1S/C39H46N4O6/c1-39(2,3)35(42-37(46)49-4)36(45)41-32(23-27-11-7-5-8-12-27)25-34(44)33(43(38(47)48)26-29-13-9-6-10-14-29)24-28-15-17-30(18-16-28)31-19-21-40-22-20-31/h5-22,32-35,44H,23-26H2,1-4H3,(H,41,45)(H,42,46)(H,47,48)/t32-,33-,34-,35+/m0/s1. The zero-order valence-corrected chi connectivity index (χ0v) is 28.5. The van der Waals surface area contributed by atoms with Gasteiger partial charge in [0.2, 0.25) is 5.91 Å². The van der Waals surface area contributed by atoms with Crippen LogP contribution < -0.4 is 10.6 Å². The number of amides is 3. The van der Waals surface area contributed by atoms with E-state index in [2.05, 4.69) is 15.6 Å². The van der Waals surface area contributed by atoms with Crippen molar-refractivity contribution < 1.29 is 29.3 Å². The van der Waals surface area contributed by atoms with Crippen molar-refractivity contribution in [3.63, 3.8) is 0 Å². The highest BCUT2D eigenvalue weighted by molar-refractivity contribution is 5.86. The number of methoxy groups -OCH3 is 1. The molecular formula is C39H46N4O6. The fourth-order valence-corrected chi connectivity index (χ4v) is 5.86. The third kappa shape index (κ3) is 10.9. The number of pyridine rings is 1. The summed E-state index contributed by atoms with van der Waals surface area (Å²) in [7, 11) is 1.23. The largest absolute Gasteiger partial charge is 0.465 e. The normalized spacial score (nSPS) is 13.7. The molecule has 10 nitrogen and oxygen atoms in total. The van der Waals surface area contributed by atoms with Gasteiger partial charge < -0.3 is 25.6 Å². The van der Waals surface area contributed by atoms with E-state index in [1.165, 1.54) is 12.0 Å². The van der Waals surface area contributed by atoms with Crippen LogP contribution in [0.4, 0.5) is 9.59 Å². The Bertz CT molecular complexity index is 1630. The summed E-state index contributed by atoms with van der Waals surface area (Å²) in [6.45, 7) is 5.56. The molecule has 0 aliphatic heterocycles. The summed E-state index contributed by atoms with van der Waals surface area (Å²) >= 11 is 0. The SMILES string of the molecule is COC(=O)N[C@H](C(=O)N[C@@H](Cc1ccccc1)C[C@H](O)[C@H](Cc1ccc(-c2ccncc2)cc1)N(Cc1ccccc1)C(=O)O)C(C)(C)C. The maximum Gasteiger partial charge on any atom is 0.407 e. The quantitative estimate of drug-likeness (QED) is 0.128. The lowest BCUT2D eigenvalue weighted by molar-refractivity contribution is -0.126. The van der Waals surface area contributed by atoms with E-state index in [1.807, 2.05) is 118 Å². The van der Waals surface area contributed by atoms with E-state index in [9.17, 15) is 24.6 Å². The van der Waals surface area contributed by atoms with Crippen molar-refractivity contribution in [1.29, 1.82) is 0 Å². The third-order valence-electron chi connectivity index (χ3n) is 8.47. The molecule has 10 heteroatoms. The maximum absolute atomic E-state index is 13.7. The van der Waals surface area contributed by atoms with Crippen LogP contribution in [0.15, 0.2) is 109 Å². The van der Waals surface area contributed by atoms with Gasteiger partial charge >= 0.3 is 12.2 Å². The average Bonchev–Trinajstić information content (AvgIpc) is 3.09. The van der Waals surface area contributed by atoms with Crippen LogP contribution in [-0.4, -0.2) is 69.5 Å². The van der Waals surface area contributed by atoms with Crippen LogP contribution in [0.3, 0.4) is 0 Å². The van der Waals surface area contributed by atoms with Crippen LogP contribution in [0.25, 0.3) is 11.1 Å². The Morgan fingerprint density at radius 3 is 1.88 bits per heavy atom. The minimum Gasteiger partial charge on any atom is -0.465 e. The summed E-state index contributed by atoms with van der Waals surface area (Å²) in [6, 6.07) is 28.1. The van der Waals surface area contributed by atoms with E-state index in [0.29, 0.717) is 6.42 Å². The molecule has 4 atom stereocenters. The number of aliphatic hydroxyl groups excluding tert-OH is 1. The minimum absolute atomic E-state index is 0.0497. The Kier molecular flexibility index (Phi) is 12.9. The summed E-state index contributed by atoms with van der Waals surface area (Å²) in [5.41, 5.74) is 3.89. The van der Waals surface area contributed by atoms with Gasteiger partial charge in [0.15, 0.2) is 0 Å². The first-order valence-corrected chi connectivity index (χ1v) is 16.3. The summed E-state index contributed by atoms with van der Waals surface area (Å²) in [5, 5.41) is 28.2. The number of aromatic nitrogens is 1. The monoisotopic (exact) mass is 666 g/mol. The zero-order valence-electron chi connectivity index (χ0n) is 28.5. The molecule has 0 saturated carbocycles. The smallest absolute Gasteiger partial charge is 0.407 e.